The number of nitrogens with zero attached hydrogens (tertiary/aromatic N) is 4. The van der Waals surface area contributed by atoms with Gasteiger partial charge in [0.25, 0.3) is 0 Å². The van der Waals surface area contributed by atoms with Crippen LogP contribution in [0.25, 0.3) is 100 Å². The zero-order chi connectivity index (χ0) is 38.4. The fourth-order valence-electron chi connectivity index (χ4n) is 8.22. The van der Waals surface area contributed by atoms with Crippen LogP contribution in [-0.4, -0.2) is 26.1 Å². The van der Waals surface area contributed by atoms with E-state index in [1.165, 1.54) is 11.1 Å². The van der Waals surface area contributed by atoms with Crippen LogP contribution in [0.4, 0.5) is 0 Å². The molecule has 0 saturated heterocycles. The summed E-state index contributed by atoms with van der Waals surface area (Å²) >= 11 is 0. The molecule has 1 N–H and O–H groups in total. The molecule has 0 saturated carbocycles. The van der Waals surface area contributed by atoms with Crippen molar-refractivity contribution in [2.45, 2.75) is 0 Å². The minimum Gasteiger partial charge on any atom is -0.455 e. The molecule has 0 bridgehead atoms. The Bertz CT molecular complexity index is 3180. The molecule has 0 atom stereocenters. The Morgan fingerprint density at radius 3 is 1.91 bits per heavy atom. The molecule has 1 aliphatic heterocycles. The van der Waals surface area contributed by atoms with Crippen molar-refractivity contribution in [2.24, 2.45) is 0 Å². The van der Waals surface area contributed by atoms with E-state index < -0.39 is 0 Å². The maximum Gasteiger partial charge on any atom is 0.160 e. The lowest BCUT2D eigenvalue weighted by molar-refractivity contribution is 0.636. The van der Waals surface area contributed by atoms with Gasteiger partial charge in [0.1, 0.15) is 11.3 Å². The van der Waals surface area contributed by atoms with Crippen LogP contribution in [0, 0.1) is 0 Å². The molecule has 6 heteroatoms. The number of hydrogen-bond acceptors (Lipinski definition) is 5. The van der Waals surface area contributed by atoms with Gasteiger partial charge in [-0.25, -0.2) is 9.97 Å². The number of benzene rings is 6. The smallest absolute Gasteiger partial charge is 0.160 e. The number of rotatable bonds is 7. The van der Waals surface area contributed by atoms with Crippen molar-refractivity contribution in [3.8, 4) is 62.0 Å². The maximum atomic E-state index is 6.98. The summed E-state index contributed by atoms with van der Waals surface area (Å²) in [5.74, 6) is 1.53. The van der Waals surface area contributed by atoms with Crippen molar-refractivity contribution in [3.05, 3.63) is 200 Å². The molecular formula is C52H35N5O. The number of para-hydroxylation sites is 1. The van der Waals surface area contributed by atoms with Gasteiger partial charge >= 0.3 is 0 Å². The van der Waals surface area contributed by atoms with E-state index in [0.717, 1.165) is 95.5 Å². The second-order valence-corrected chi connectivity index (χ2v) is 14.5. The van der Waals surface area contributed by atoms with Gasteiger partial charge in [-0.05, 0) is 89.6 Å². The molecular weight excluding hydrogens is 711 g/mol. The number of dihydropyridines is 1. The third kappa shape index (κ3) is 5.78. The number of nitrogens with one attached hydrogen (secondary N) is 1. The summed E-state index contributed by atoms with van der Waals surface area (Å²) in [6.45, 7) is 0.826. The van der Waals surface area contributed by atoms with Crippen LogP contribution in [0.15, 0.2) is 199 Å². The Hall–Kier alpha value is -7.83. The largest absolute Gasteiger partial charge is 0.455 e. The summed E-state index contributed by atoms with van der Waals surface area (Å²) in [5.41, 5.74) is 14.4. The molecule has 0 fully saturated rings. The highest BCUT2D eigenvalue weighted by Crippen LogP contribution is 2.46. The molecule has 11 rings (SSSR count). The number of fused-ring (bicyclic) bond motifs is 5. The molecule has 0 radical (unpaired) electrons. The highest BCUT2D eigenvalue weighted by Gasteiger charge is 2.23. The maximum absolute atomic E-state index is 6.98. The van der Waals surface area contributed by atoms with Gasteiger partial charge < -0.3 is 14.3 Å². The fraction of sp³-hybridized carbons (Fsp3) is 0.0192. The summed E-state index contributed by atoms with van der Waals surface area (Å²) in [5, 5.41) is 6.54. The van der Waals surface area contributed by atoms with Crippen LogP contribution >= 0.6 is 0 Å². The Balaban J connectivity index is 1.04. The normalized spacial score (nSPS) is 12.6. The second-order valence-electron chi connectivity index (χ2n) is 14.5. The summed E-state index contributed by atoms with van der Waals surface area (Å²) in [6, 6.07) is 57.2. The molecule has 58 heavy (non-hydrogen) atoms. The van der Waals surface area contributed by atoms with E-state index in [1.807, 2.05) is 24.4 Å². The van der Waals surface area contributed by atoms with Gasteiger partial charge in [0, 0.05) is 63.2 Å². The van der Waals surface area contributed by atoms with Crippen LogP contribution in [0.1, 0.15) is 5.56 Å². The predicted octanol–water partition coefficient (Wildman–Crippen LogP) is 12.6. The number of furan rings is 1. The third-order valence-corrected chi connectivity index (χ3v) is 11.0. The van der Waals surface area contributed by atoms with Gasteiger partial charge in [-0.3, -0.25) is 4.98 Å². The summed E-state index contributed by atoms with van der Waals surface area (Å²) in [4.78, 5) is 14.5. The zero-order valence-corrected chi connectivity index (χ0v) is 31.4. The van der Waals surface area contributed by atoms with Gasteiger partial charge in [0.2, 0.25) is 0 Å². The van der Waals surface area contributed by atoms with E-state index in [0.29, 0.717) is 5.82 Å². The molecule has 6 aromatic carbocycles. The predicted molar refractivity (Wildman–Crippen MR) is 236 cm³/mol. The van der Waals surface area contributed by atoms with Crippen molar-refractivity contribution in [1.29, 1.82) is 0 Å². The Morgan fingerprint density at radius 1 is 0.534 bits per heavy atom. The molecule has 4 aromatic heterocycles. The number of allylic oxidation sites excluding steroid dienone is 2. The monoisotopic (exact) mass is 745 g/mol. The van der Waals surface area contributed by atoms with Crippen LogP contribution < -0.4 is 5.32 Å². The van der Waals surface area contributed by atoms with Crippen LogP contribution in [0.2, 0.25) is 0 Å². The number of hydrogen-bond donors (Lipinski definition) is 1. The van der Waals surface area contributed by atoms with Crippen molar-refractivity contribution < 1.29 is 4.42 Å². The topological polar surface area (TPSA) is 68.8 Å². The van der Waals surface area contributed by atoms with Gasteiger partial charge in [-0.1, -0.05) is 109 Å². The summed E-state index contributed by atoms with van der Waals surface area (Å²) in [6.07, 6.45) is 9.90. The first-order valence-corrected chi connectivity index (χ1v) is 19.5. The average molecular weight is 746 g/mol. The van der Waals surface area contributed by atoms with Gasteiger partial charge in [-0.15, -0.1) is 0 Å². The molecule has 6 nitrogen and oxygen atoms in total. The van der Waals surface area contributed by atoms with Gasteiger partial charge in [0.05, 0.1) is 27.8 Å². The molecule has 10 aromatic rings. The van der Waals surface area contributed by atoms with Crippen molar-refractivity contribution in [2.75, 3.05) is 6.54 Å². The third-order valence-electron chi connectivity index (χ3n) is 11.0. The van der Waals surface area contributed by atoms with E-state index in [4.69, 9.17) is 14.4 Å². The van der Waals surface area contributed by atoms with E-state index in [-0.39, 0.29) is 0 Å². The van der Waals surface area contributed by atoms with Crippen molar-refractivity contribution in [1.82, 2.24) is 24.8 Å². The lowest BCUT2D eigenvalue weighted by Crippen LogP contribution is -2.08. The van der Waals surface area contributed by atoms with E-state index in [1.54, 1.807) is 12.4 Å². The average Bonchev–Trinajstić information content (AvgIpc) is 3.87. The first-order valence-electron chi connectivity index (χ1n) is 19.5. The molecule has 5 heterocycles. The summed E-state index contributed by atoms with van der Waals surface area (Å²) < 4.78 is 9.31. The fourth-order valence-corrected chi connectivity index (χ4v) is 8.22. The quantitative estimate of drug-likeness (QED) is 0.176. The SMILES string of the molecule is C1=CC(c2ccc(-c3cc(-c4ccncc4)nc(-c4ccc(-n5c6ccccc6c6c7oc(-c8ccccc8)c(-c8ccccc8)c7ccc65)cc4)n3)cc2)=CCN1. The van der Waals surface area contributed by atoms with Crippen LogP contribution in [0.5, 0.6) is 0 Å². The number of pyridine rings is 1. The van der Waals surface area contributed by atoms with Crippen molar-refractivity contribution in [3.63, 3.8) is 0 Å². The Kier molecular flexibility index (Phi) is 8.11. The summed E-state index contributed by atoms with van der Waals surface area (Å²) in [7, 11) is 0. The van der Waals surface area contributed by atoms with Gasteiger partial charge in [-0.2, -0.15) is 0 Å². The van der Waals surface area contributed by atoms with Gasteiger partial charge in [0.15, 0.2) is 5.82 Å². The van der Waals surface area contributed by atoms with Crippen LogP contribution in [0.3, 0.4) is 0 Å². The molecule has 1 aliphatic rings. The van der Waals surface area contributed by atoms with Crippen molar-refractivity contribution >= 4 is 38.3 Å². The minimum atomic E-state index is 0.658. The molecule has 0 aliphatic carbocycles. The lowest BCUT2D eigenvalue weighted by Gasteiger charge is -2.12. The lowest BCUT2D eigenvalue weighted by atomic mass is 9.98. The van der Waals surface area contributed by atoms with E-state index in [2.05, 4.69) is 173 Å². The molecule has 0 unspecified atom stereocenters. The standard InChI is InChI=1S/C52H35N5O/c1-3-9-38(10-4-1)48-43-23-24-47-49(51(43)58-50(48)39-11-5-2-6-12-39)42-13-7-8-14-46(42)57(47)41-21-19-40(20-22-41)52-55-44(33-45(56-52)37-27-31-54-32-28-37)36-17-15-34(16-18-36)35-25-29-53-30-26-35/h1-29,31-33,53H,30H2. The molecule has 274 valence electrons. The van der Waals surface area contributed by atoms with Crippen LogP contribution in [-0.2, 0) is 0 Å². The second kappa shape index (κ2) is 14.0. The Labute approximate surface area is 335 Å². The molecule has 0 spiro atoms. The highest BCUT2D eigenvalue weighted by molar-refractivity contribution is 6.22. The van der Waals surface area contributed by atoms with E-state index in [9.17, 15) is 0 Å². The number of aromatic nitrogens is 4. The minimum absolute atomic E-state index is 0.658. The first-order chi connectivity index (χ1) is 28.8. The molecule has 0 amide bonds. The zero-order valence-electron chi connectivity index (χ0n) is 31.4. The van der Waals surface area contributed by atoms with E-state index >= 15 is 0 Å². The Morgan fingerprint density at radius 2 is 1.19 bits per heavy atom. The first kappa shape index (κ1) is 33.5. The highest BCUT2D eigenvalue weighted by atomic mass is 16.3.